The topological polar surface area (TPSA) is 40.5 Å². The summed E-state index contributed by atoms with van der Waals surface area (Å²) in [6, 6.07) is 11.5. The largest absolute Gasteiger partial charge is 0.507 e. The van der Waals surface area contributed by atoms with Gasteiger partial charge in [-0.1, -0.05) is 31.9 Å². The molecule has 1 saturated heterocycles. The Bertz CT molecular complexity index is 759. The number of carbonyl (C=O) groups excluding carboxylic acids is 1. The van der Waals surface area contributed by atoms with Gasteiger partial charge in [0.2, 0.25) is 0 Å². The molecule has 1 aliphatic rings. The van der Waals surface area contributed by atoms with E-state index < -0.39 is 5.82 Å². The van der Waals surface area contributed by atoms with E-state index in [9.17, 15) is 14.3 Å². The summed E-state index contributed by atoms with van der Waals surface area (Å²) >= 11 is 0. The molecule has 1 N–H and O–H groups in total. The molecule has 1 amide bonds. The van der Waals surface area contributed by atoms with Gasteiger partial charge in [-0.15, -0.1) is 0 Å². The second-order valence-corrected chi connectivity index (χ2v) is 6.68. The lowest BCUT2D eigenvalue weighted by Crippen LogP contribution is -2.35. The zero-order valence-electron chi connectivity index (χ0n) is 14.5. The van der Waals surface area contributed by atoms with Crippen LogP contribution in [0.5, 0.6) is 5.75 Å². The summed E-state index contributed by atoms with van der Waals surface area (Å²) in [4.78, 5) is 14.9. The van der Waals surface area contributed by atoms with Gasteiger partial charge in [-0.05, 0) is 49.1 Å². The standard InChI is InChI=1S/C21H24FNO2/c1-2-3-8-18-9-5-12-23(18)21(25)16-7-4-6-15(13-16)19-11-10-17(22)14-20(19)24/h4,6-7,10-11,13-14,18,24H,2-3,5,8-9,12H2,1H3/t18-/m0/s1. The monoisotopic (exact) mass is 341 g/mol. The smallest absolute Gasteiger partial charge is 0.254 e. The quantitative estimate of drug-likeness (QED) is 0.832. The van der Waals surface area contributed by atoms with E-state index in [0.717, 1.165) is 44.7 Å². The minimum atomic E-state index is -0.482. The Kier molecular flexibility index (Phi) is 5.37. The highest BCUT2D eigenvalue weighted by molar-refractivity contribution is 5.96. The molecule has 1 atom stereocenters. The van der Waals surface area contributed by atoms with Crippen molar-refractivity contribution in [2.45, 2.75) is 45.1 Å². The second-order valence-electron chi connectivity index (χ2n) is 6.68. The molecule has 0 spiro atoms. The van der Waals surface area contributed by atoms with Crippen molar-refractivity contribution >= 4 is 5.91 Å². The molecule has 0 aromatic heterocycles. The normalized spacial score (nSPS) is 17.0. The Balaban J connectivity index is 1.84. The summed E-state index contributed by atoms with van der Waals surface area (Å²) < 4.78 is 13.2. The van der Waals surface area contributed by atoms with E-state index in [1.54, 1.807) is 6.07 Å². The Morgan fingerprint density at radius 1 is 1.28 bits per heavy atom. The van der Waals surface area contributed by atoms with E-state index in [1.807, 2.05) is 23.1 Å². The SMILES string of the molecule is CCCC[C@H]1CCCN1C(=O)c1cccc(-c2ccc(F)cc2O)c1. The van der Waals surface area contributed by atoms with Gasteiger partial charge in [0.05, 0.1) is 0 Å². The molecule has 132 valence electrons. The van der Waals surface area contributed by atoms with Crippen molar-refractivity contribution < 1.29 is 14.3 Å². The van der Waals surface area contributed by atoms with Crippen LogP contribution in [0.25, 0.3) is 11.1 Å². The molecule has 0 bridgehead atoms. The summed E-state index contributed by atoms with van der Waals surface area (Å²) in [5.41, 5.74) is 1.86. The number of aromatic hydroxyl groups is 1. The van der Waals surface area contributed by atoms with E-state index >= 15 is 0 Å². The molecule has 3 nitrogen and oxygen atoms in total. The summed E-state index contributed by atoms with van der Waals surface area (Å²) in [7, 11) is 0. The molecule has 2 aromatic rings. The first-order valence-electron chi connectivity index (χ1n) is 9.00. The Morgan fingerprint density at radius 2 is 2.12 bits per heavy atom. The Morgan fingerprint density at radius 3 is 2.88 bits per heavy atom. The molecule has 0 radical (unpaired) electrons. The van der Waals surface area contributed by atoms with Crippen LogP contribution in [0, 0.1) is 5.82 Å². The van der Waals surface area contributed by atoms with Gasteiger partial charge in [-0.25, -0.2) is 4.39 Å². The fraction of sp³-hybridized carbons (Fsp3) is 0.381. The highest BCUT2D eigenvalue weighted by atomic mass is 19.1. The first kappa shape index (κ1) is 17.5. The van der Waals surface area contributed by atoms with Crippen molar-refractivity contribution in [1.29, 1.82) is 0 Å². The summed E-state index contributed by atoms with van der Waals surface area (Å²) in [6.07, 6.45) is 5.46. The molecule has 0 saturated carbocycles. The first-order chi connectivity index (χ1) is 12.1. The number of phenols is 1. The maximum Gasteiger partial charge on any atom is 0.254 e. The summed E-state index contributed by atoms with van der Waals surface area (Å²) in [5, 5.41) is 9.99. The van der Waals surface area contributed by atoms with Crippen LogP contribution in [-0.4, -0.2) is 28.5 Å². The summed E-state index contributed by atoms with van der Waals surface area (Å²) in [5.74, 6) is -0.557. The maximum atomic E-state index is 13.2. The maximum absolute atomic E-state index is 13.2. The highest BCUT2D eigenvalue weighted by Crippen LogP contribution is 2.31. The average molecular weight is 341 g/mol. The molecule has 2 aromatic carbocycles. The van der Waals surface area contributed by atoms with Crippen molar-refractivity contribution in [2.75, 3.05) is 6.54 Å². The molecule has 4 heteroatoms. The number of carbonyl (C=O) groups is 1. The second kappa shape index (κ2) is 7.68. The fourth-order valence-electron chi connectivity index (χ4n) is 3.58. The molecule has 1 heterocycles. The molecule has 1 aliphatic heterocycles. The van der Waals surface area contributed by atoms with Crippen molar-refractivity contribution in [3.8, 4) is 16.9 Å². The van der Waals surface area contributed by atoms with Crippen LogP contribution in [-0.2, 0) is 0 Å². The number of likely N-dealkylation sites (tertiary alicyclic amines) is 1. The number of nitrogens with zero attached hydrogens (tertiary/aromatic N) is 1. The van der Waals surface area contributed by atoms with Crippen LogP contribution in [0.4, 0.5) is 4.39 Å². The van der Waals surface area contributed by atoms with Crippen molar-refractivity contribution in [3.05, 3.63) is 53.8 Å². The van der Waals surface area contributed by atoms with Gasteiger partial charge in [0, 0.05) is 29.8 Å². The van der Waals surface area contributed by atoms with Gasteiger partial charge in [-0.2, -0.15) is 0 Å². The number of benzene rings is 2. The number of hydrogen-bond donors (Lipinski definition) is 1. The summed E-state index contributed by atoms with van der Waals surface area (Å²) in [6.45, 7) is 2.97. The number of amides is 1. The molecular weight excluding hydrogens is 317 g/mol. The van der Waals surface area contributed by atoms with Gasteiger partial charge < -0.3 is 10.0 Å². The number of phenolic OH excluding ortho intramolecular Hbond substituents is 1. The lowest BCUT2D eigenvalue weighted by Gasteiger charge is -2.25. The molecule has 3 rings (SSSR count). The predicted octanol–water partition coefficient (Wildman–Crippen LogP) is 4.99. The van der Waals surface area contributed by atoms with E-state index in [4.69, 9.17) is 0 Å². The lowest BCUT2D eigenvalue weighted by molar-refractivity contribution is 0.0729. The zero-order chi connectivity index (χ0) is 17.8. The zero-order valence-corrected chi connectivity index (χ0v) is 14.5. The third-order valence-corrected chi connectivity index (χ3v) is 4.91. The van der Waals surface area contributed by atoms with Gasteiger partial charge in [-0.3, -0.25) is 4.79 Å². The van der Waals surface area contributed by atoms with Gasteiger partial charge in [0.1, 0.15) is 11.6 Å². The predicted molar refractivity (Wildman–Crippen MR) is 97.1 cm³/mol. The van der Waals surface area contributed by atoms with Gasteiger partial charge in [0.15, 0.2) is 0 Å². The van der Waals surface area contributed by atoms with Gasteiger partial charge in [0.25, 0.3) is 5.91 Å². The average Bonchev–Trinajstić information content (AvgIpc) is 3.08. The number of halogens is 1. The van der Waals surface area contributed by atoms with Crippen LogP contribution in [0.1, 0.15) is 49.4 Å². The number of unbranched alkanes of at least 4 members (excludes halogenated alkanes) is 1. The lowest BCUT2D eigenvalue weighted by atomic mass is 10.0. The molecule has 1 fully saturated rings. The molecular formula is C21H24FNO2. The van der Waals surface area contributed by atoms with Crippen LogP contribution >= 0.6 is 0 Å². The molecule has 0 unspecified atom stereocenters. The van der Waals surface area contributed by atoms with Crippen LogP contribution in [0.15, 0.2) is 42.5 Å². The van der Waals surface area contributed by atoms with E-state index in [-0.39, 0.29) is 11.7 Å². The first-order valence-corrected chi connectivity index (χ1v) is 9.00. The third-order valence-electron chi connectivity index (χ3n) is 4.91. The molecule has 0 aliphatic carbocycles. The van der Waals surface area contributed by atoms with Gasteiger partial charge >= 0.3 is 0 Å². The van der Waals surface area contributed by atoms with Crippen LogP contribution in [0.3, 0.4) is 0 Å². The fourth-order valence-corrected chi connectivity index (χ4v) is 3.58. The number of hydrogen-bond acceptors (Lipinski definition) is 2. The van der Waals surface area contributed by atoms with Crippen LogP contribution < -0.4 is 0 Å². The Labute approximate surface area is 148 Å². The van der Waals surface area contributed by atoms with E-state index in [2.05, 4.69) is 6.92 Å². The van der Waals surface area contributed by atoms with Crippen molar-refractivity contribution in [1.82, 2.24) is 4.90 Å². The van der Waals surface area contributed by atoms with Crippen molar-refractivity contribution in [3.63, 3.8) is 0 Å². The van der Waals surface area contributed by atoms with E-state index in [1.165, 1.54) is 12.1 Å². The van der Waals surface area contributed by atoms with Crippen molar-refractivity contribution in [2.24, 2.45) is 0 Å². The molecule has 25 heavy (non-hydrogen) atoms. The van der Waals surface area contributed by atoms with Crippen LogP contribution in [0.2, 0.25) is 0 Å². The minimum absolute atomic E-state index is 0.0436. The third kappa shape index (κ3) is 3.84. The number of rotatable bonds is 5. The Hall–Kier alpha value is -2.36. The minimum Gasteiger partial charge on any atom is -0.507 e. The highest BCUT2D eigenvalue weighted by Gasteiger charge is 2.28. The van der Waals surface area contributed by atoms with E-state index in [0.29, 0.717) is 22.7 Å².